The van der Waals surface area contributed by atoms with Crippen molar-refractivity contribution in [1.82, 2.24) is 4.57 Å². The zero-order valence-electron chi connectivity index (χ0n) is 24.4. The van der Waals surface area contributed by atoms with Crippen LogP contribution in [0.5, 0.6) is 11.5 Å². The van der Waals surface area contributed by atoms with Crippen molar-refractivity contribution in [3.63, 3.8) is 0 Å². The summed E-state index contributed by atoms with van der Waals surface area (Å²) in [6, 6.07) is 29.3. The van der Waals surface area contributed by atoms with Crippen LogP contribution in [0.3, 0.4) is 0 Å². The van der Waals surface area contributed by atoms with E-state index in [1.54, 1.807) is 14.2 Å². The van der Waals surface area contributed by atoms with E-state index in [0.717, 1.165) is 17.2 Å². The van der Waals surface area contributed by atoms with E-state index in [1.165, 1.54) is 83.1 Å². The number of thiophene rings is 1. The van der Waals surface area contributed by atoms with Crippen LogP contribution < -0.4 is 9.47 Å². The number of hydrogen-bond acceptors (Lipinski definition) is 3. The van der Waals surface area contributed by atoms with Gasteiger partial charge in [-0.15, -0.1) is 11.3 Å². The Hall–Kier alpha value is -4.02. The smallest absolute Gasteiger partial charge is 0.128 e. The average molecular weight is 558 g/mol. The van der Waals surface area contributed by atoms with Gasteiger partial charge in [0.25, 0.3) is 0 Å². The zero-order valence-corrected chi connectivity index (χ0v) is 25.2. The van der Waals surface area contributed by atoms with Crippen LogP contribution in [0.4, 0.5) is 0 Å². The topological polar surface area (TPSA) is 23.4 Å². The van der Waals surface area contributed by atoms with Gasteiger partial charge in [-0.2, -0.15) is 0 Å². The van der Waals surface area contributed by atoms with Gasteiger partial charge in [-0.25, -0.2) is 0 Å². The van der Waals surface area contributed by atoms with Gasteiger partial charge >= 0.3 is 0 Å². The summed E-state index contributed by atoms with van der Waals surface area (Å²) in [5, 5.41) is 7.46. The number of fused-ring (bicyclic) bond motifs is 7. The van der Waals surface area contributed by atoms with Crippen molar-refractivity contribution in [1.29, 1.82) is 0 Å². The van der Waals surface area contributed by atoms with Crippen molar-refractivity contribution < 1.29 is 9.47 Å². The normalized spacial score (nSPS) is 12.7. The molecule has 0 amide bonds. The highest BCUT2D eigenvalue weighted by molar-refractivity contribution is 7.25. The van der Waals surface area contributed by atoms with E-state index in [1.807, 2.05) is 17.4 Å². The molecule has 7 rings (SSSR count). The van der Waals surface area contributed by atoms with E-state index in [2.05, 4.69) is 98.1 Å². The molecule has 0 saturated heterocycles. The molecule has 2 aromatic heterocycles. The lowest BCUT2D eigenvalue weighted by Gasteiger charge is -2.13. The molecule has 0 N–H and O–H groups in total. The van der Waals surface area contributed by atoms with Gasteiger partial charge in [0.2, 0.25) is 0 Å². The third-order valence-electron chi connectivity index (χ3n) is 8.75. The van der Waals surface area contributed by atoms with E-state index in [0.29, 0.717) is 5.92 Å². The first-order valence-electron chi connectivity index (χ1n) is 14.6. The molecule has 41 heavy (non-hydrogen) atoms. The van der Waals surface area contributed by atoms with Crippen LogP contribution in [0.2, 0.25) is 0 Å². The van der Waals surface area contributed by atoms with Crippen LogP contribution in [-0.4, -0.2) is 18.8 Å². The lowest BCUT2D eigenvalue weighted by molar-refractivity contribution is 0.415. The number of rotatable bonds is 7. The van der Waals surface area contributed by atoms with Gasteiger partial charge in [-0.1, -0.05) is 44.9 Å². The fourth-order valence-corrected chi connectivity index (χ4v) is 7.59. The Morgan fingerprint density at radius 1 is 0.780 bits per heavy atom. The lowest BCUT2D eigenvalue weighted by Crippen LogP contribution is -1.97. The molecular weight excluding hydrogens is 522 g/mol. The van der Waals surface area contributed by atoms with Crippen molar-refractivity contribution >= 4 is 64.1 Å². The molecule has 0 aliphatic carbocycles. The molecule has 7 aromatic rings. The molecule has 2 heterocycles. The van der Waals surface area contributed by atoms with Crippen LogP contribution in [0.1, 0.15) is 50.2 Å². The minimum atomic E-state index is 0.524. The highest BCUT2D eigenvalue weighted by Gasteiger charge is 2.20. The lowest BCUT2D eigenvalue weighted by atomic mass is 9.94. The molecule has 0 spiro atoms. The fraction of sp³-hybridized carbons (Fsp3) is 0.243. The molecule has 1 atom stereocenters. The molecule has 0 saturated carbocycles. The quantitative estimate of drug-likeness (QED) is 0.195. The maximum absolute atomic E-state index is 5.95. The van der Waals surface area contributed by atoms with Gasteiger partial charge in [0.15, 0.2) is 0 Å². The minimum absolute atomic E-state index is 0.524. The van der Waals surface area contributed by atoms with Gasteiger partial charge in [0.05, 0.1) is 30.6 Å². The standard InChI is InChI=1S/C37H35NO2S/c1-6-7-8-22(2)24-11-14-32-31(18-24)36-33(40-5)15-9-23(3)37(36)38(32)27-12-10-25-20-35-29(19-26(25)17-27)30-21-28(39-4)13-16-34(30)41-35/h9-22H,6-8H2,1-5H3. The number of unbranched alkanes of at least 4 members (excludes halogenated alkanes) is 1. The number of methoxy groups -OCH3 is 2. The molecule has 0 bridgehead atoms. The monoisotopic (exact) mass is 557 g/mol. The Balaban J connectivity index is 1.48. The Morgan fingerprint density at radius 2 is 1.63 bits per heavy atom. The summed E-state index contributed by atoms with van der Waals surface area (Å²) in [5.41, 5.74) is 6.23. The summed E-state index contributed by atoms with van der Waals surface area (Å²) in [7, 11) is 3.51. The highest BCUT2D eigenvalue weighted by Crippen LogP contribution is 2.42. The van der Waals surface area contributed by atoms with Crippen LogP contribution in [0.15, 0.2) is 78.9 Å². The van der Waals surface area contributed by atoms with Crippen LogP contribution >= 0.6 is 11.3 Å². The van der Waals surface area contributed by atoms with Gasteiger partial charge < -0.3 is 14.0 Å². The van der Waals surface area contributed by atoms with Crippen molar-refractivity contribution in [2.45, 2.75) is 46.0 Å². The molecule has 0 aliphatic rings. The molecule has 4 heteroatoms. The Morgan fingerprint density at radius 3 is 2.44 bits per heavy atom. The minimum Gasteiger partial charge on any atom is -0.497 e. The van der Waals surface area contributed by atoms with Crippen molar-refractivity contribution in [2.75, 3.05) is 14.2 Å². The molecule has 3 nitrogen and oxygen atoms in total. The molecule has 0 radical (unpaired) electrons. The molecule has 0 aliphatic heterocycles. The van der Waals surface area contributed by atoms with Crippen molar-refractivity contribution in [3.05, 3.63) is 90.0 Å². The van der Waals surface area contributed by atoms with E-state index < -0.39 is 0 Å². The highest BCUT2D eigenvalue weighted by atomic mass is 32.1. The summed E-state index contributed by atoms with van der Waals surface area (Å²) in [6.07, 6.45) is 3.68. The van der Waals surface area contributed by atoms with Gasteiger partial charge in [0.1, 0.15) is 11.5 Å². The number of aromatic nitrogens is 1. The fourth-order valence-electron chi connectivity index (χ4n) is 6.47. The Bertz CT molecular complexity index is 2100. The zero-order chi connectivity index (χ0) is 28.2. The average Bonchev–Trinajstić information content (AvgIpc) is 3.53. The summed E-state index contributed by atoms with van der Waals surface area (Å²) in [5.74, 6) is 2.34. The largest absolute Gasteiger partial charge is 0.497 e. The molecule has 1 unspecified atom stereocenters. The predicted molar refractivity (Wildman–Crippen MR) is 177 cm³/mol. The Labute approximate surface area is 244 Å². The summed E-state index contributed by atoms with van der Waals surface area (Å²) >= 11 is 1.84. The third-order valence-corrected chi connectivity index (χ3v) is 9.89. The maximum Gasteiger partial charge on any atom is 0.128 e. The number of ether oxygens (including phenoxy) is 2. The number of aryl methyl sites for hydroxylation is 1. The van der Waals surface area contributed by atoms with Crippen molar-refractivity contribution in [3.8, 4) is 17.2 Å². The predicted octanol–water partition coefficient (Wildman–Crippen LogP) is 10.9. The second-order valence-electron chi connectivity index (χ2n) is 11.3. The second kappa shape index (κ2) is 10.1. The van der Waals surface area contributed by atoms with Gasteiger partial charge in [-0.05, 0) is 102 Å². The Kier molecular flexibility index (Phi) is 6.39. The first kappa shape index (κ1) is 25.9. The van der Waals surface area contributed by atoms with Crippen LogP contribution in [0.25, 0.3) is 58.4 Å². The first-order valence-corrected chi connectivity index (χ1v) is 15.4. The summed E-state index contributed by atoms with van der Waals surface area (Å²) in [6.45, 7) is 6.83. The number of benzene rings is 5. The first-order chi connectivity index (χ1) is 20.0. The summed E-state index contributed by atoms with van der Waals surface area (Å²) < 4.78 is 16.5. The van der Waals surface area contributed by atoms with Gasteiger partial charge in [-0.3, -0.25) is 0 Å². The van der Waals surface area contributed by atoms with Gasteiger partial charge in [0, 0.05) is 31.2 Å². The molecule has 0 fully saturated rings. The van der Waals surface area contributed by atoms with Crippen molar-refractivity contribution in [2.24, 2.45) is 0 Å². The third kappa shape index (κ3) is 4.16. The molecular formula is C37H35NO2S. The van der Waals surface area contributed by atoms with E-state index in [-0.39, 0.29) is 0 Å². The number of hydrogen-bond donors (Lipinski definition) is 0. The van der Waals surface area contributed by atoms with E-state index in [9.17, 15) is 0 Å². The summed E-state index contributed by atoms with van der Waals surface area (Å²) in [4.78, 5) is 0. The van der Waals surface area contributed by atoms with Crippen LogP contribution in [-0.2, 0) is 0 Å². The number of nitrogens with zero attached hydrogens (tertiary/aromatic N) is 1. The SMILES string of the molecule is CCCCC(C)c1ccc2c(c1)c1c(OC)ccc(C)c1n2-c1ccc2cc3sc4ccc(OC)cc4c3cc2c1. The van der Waals surface area contributed by atoms with Crippen LogP contribution in [0, 0.1) is 6.92 Å². The van der Waals surface area contributed by atoms with E-state index in [4.69, 9.17) is 9.47 Å². The molecule has 5 aromatic carbocycles. The molecule has 206 valence electrons. The van der Waals surface area contributed by atoms with E-state index >= 15 is 0 Å². The second-order valence-corrected chi connectivity index (χ2v) is 12.4. The maximum atomic E-state index is 5.95.